The second kappa shape index (κ2) is 7.45. The summed E-state index contributed by atoms with van der Waals surface area (Å²) in [4.78, 5) is 21.4. The van der Waals surface area contributed by atoms with Crippen LogP contribution in [0.25, 0.3) is 10.9 Å². The van der Waals surface area contributed by atoms with E-state index in [0.29, 0.717) is 12.1 Å². The summed E-state index contributed by atoms with van der Waals surface area (Å²) in [6, 6.07) is 13.6. The van der Waals surface area contributed by atoms with Crippen LogP contribution in [0, 0.1) is 13.8 Å². The lowest BCUT2D eigenvalue weighted by Crippen LogP contribution is -2.26. The lowest BCUT2D eigenvalue weighted by molar-refractivity contribution is 0.0957. The van der Waals surface area contributed by atoms with Gasteiger partial charge in [-0.1, -0.05) is 24.3 Å². The molecule has 5 heteroatoms. The van der Waals surface area contributed by atoms with Gasteiger partial charge in [-0.2, -0.15) is 0 Å². The Labute approximate surface area is 145 Å². The van der Waals surface area contributed by atoms with Gasteiger partial charge < -0.3 is 5.32 Å². The van der Waals surface area contributed by atoms with Crippen molar-refractivity contribution >= 4 is 28.6 Å². The van der Waals surface area contributed by atoms with Crippen molar-refractivity contribution in [2.24, 2.45) is 0 Å². The standard InChI is InChI=1S/C19H19N3OS/c1-13-6-5-7-15-16(12-14(2)22-18(13)15)19(23)21-10-11-24-17-8-3-4-9-20-17/h3-9,12H,10-11H2,1-2H3,(H,21,23). The summed E-state index contributed by atoms with van der Waals surface area (Å²) in [5.41, 5.74) is 3.51. The second-order valence-electron chi connectivity index (χ2n) is 5.55. The minimum absolute atomic E-state index is 0.0577. The zero-order valence-electron chi connectivity index (χ0n) is 13.7. The molecule has 0 aliphatic rings. The number of benzene rings is 1. The topological polar surface area (TPSA) is 54.9 Å². The number of hydrogen-bond donors (Lipinski definition) is 1. The number of carbonyl (C=O) groups is 1. The van der Waals surface area contributed by atoms with E-state index in [1.807, 2.05) is 56.3 Å². The van der Waals surface area contributed by atoms with Gasteiger partial charge in [-0.3, -0.25) is 9.78 Å². The fraction of sp³-hybridized carbons (Fsp3) is 0.211. The molecule has 0 radical (unpaired) electrons. The summed E-state index contributed by atoms with van der Waals surface area (Å²) in [7, 11) is 0. The normalized spacial score (nSPS) is 10.8. The van der Waals surface area contributed by atoms with E-state index < -0.39 is 0 Å². The molecular formula is C19H19N3OS. The smallest absolute Gasteiger partial charge is 0.252 e. The number of nitrogens with one attached hydrogen (secondary N) is 1. The van der Waals surface area contributed by atoms with Crippen molar-refractivity contribution in [2.45, 2.75) is 18.9 Å². The van der Waals surface area contributed by atoms with Gasteiger partial charge >= 0.3 is 0 Å². The number of rotatable bonds is 5. The molecule has 0 unspecified atom stereocenters. The Balaban J connectivity index is 1.69. The number of pyridine rings is 2. The maximum Gasteiger partial charge on any atom is 0.252 e. The Morgan fingerprint density at radius 1 is 1.17 bits per heavy atom. The molecule has 0 fully saturated rings. The molecular weight excluding hydrogens is 318 g/mol. The number of amides is 1. The van der Waals surface area contributed by atoms with E-state index in [4.69, 9.17) is 0 Å². The van der Waals surface area contributed by atoms with Crippen LogP contribution in [0.1, 0.15) is 21.6 Å². The summed E-state index contributed by atoms with van der Waals surface area (Å²) < 4.78 is 0. The number of carbonyl (C=O) groups excluding carboxylic acids is 1. The lowest BCUT2D eigenvalue weighted by Gasteiger charge is -2.10. The molecule has 2 aromatic heterocycles. The predicted molar refractivity (Wildman–Crippen MR) is 98.5 cm³/mol. The van der Waals surface area contributed by atoms with Gasteiger partial charge in [0.25, 0.3) is 5.91 Å². The third-order valence-electron chi connectivity index (χ3n) is 3.69. The van der Waals surface area contributed by atoms with Gasteiger partial charge in [-0.05, 0) is 37.6 Å². The van der Waals surface area contributed by atoms with E-state index in [1.165, 1.54) is 0 Å². The average Bonchev–Trinajstić information content (AvgIpc) is 2.59. The minimum Gasteiger partial charge on any atom is -0.351 e. The van der Waals surface area contributed by atoms with Crippen LogP contribution in [0.4, 0.5) is 0 Å². The largest absolute Gasteiger partial charge is 0.351 e. The van der Waals surface area contributed by atoms with Crippen molar-refractivity contribution in [3.05, 3.63) is 65.5 Å². The summed E-state index contributed by atoms with van der Waals surface area (Å²) >= 11 is 1.63. The molecule has 0 atom stereocenters. The molecule has 24 heavy (non-hydrogen) atoms. The van der Waals surface area contributed by atoms with Crippen LogP contribution < -0.4 is 5.32 Å². The maximum atomic E-state index is 12.6. The van der Waals surface area contributed by atoms with Crippen molar-refractivity contribution in [2.75, 3.05) is 12.3 Å². The SMILES string of the molecule is Cc1cc(C(=O)NCCSc2ccccn2)c2cccc(C)c2n1. The van der Waals surface area contributed by atoms with Crippen LogP contribution in [0.5, 0.6) is 0 Å². The quantitative estimate of drug-likeness (QED) is 0.569. The highest BCUT2D eigenvalue weighted by molar-refractivity contribution is 7.99. The molecule has 0 spiro atoms. The van der Waals surface area contributed by atoms with Crippen molar-refractivity contribution in [1.82, 2.24) is 15.3 Å². The Morgan fingerprint density at radius 3 is 2.83 bits per heavy atom. The summed E-state index contributed by atoms with van der Waals surface area (Å²) in [6.45, 7) is 4.52. The molecule has 0 bridgehead atoms. The van der Waals surface area contributed by atoms with E-state index in [2.05, 4.69) is 15.3 Å². The minimum atomic E-state index is -0.0577. The van der Waals surface area contributed by atoms with Crippen LogP contribution in [0.3, 0.4) is 0 Å². The first-order chi connectivity index (χ1) is 11.6. The molecule has 0 aliphatic carbocycles. The number of nitrogens with zero attached hydrogens (tertiary/aromatic N) is 2. The van der Waals surface area contributed by atoms with Gasteiger partial charge in [0.1, 0.15) is 0 Å². The number of hydrogen-bond acceptors (Lipinski definition) is 4. The van der Waals surface area contributed by atoms with Gasteiger partial charge in [0.15, 0.2) is 0 Å². The number of aromatic nitrogens is 2. The third-order valence-corrected chi connectivity index (χ3v) is 4.63. The molecule has 122 valence electrons. The van der Waals surface area contributed by atoms with Crippen LogP contribution in [-0.2, 0) is 0 Å². The van der Waals surface area contributed by atoms with E-state index in [9.17, 15) is 4.79 Å². The predicted octanol–water partition coefficient (Wildman–Crippen LogP) is 3.77. The highest BCUT2D eigenvalue weighted by atomic mass is 32.2. The average molecular weight is 337 g/mol. The third kappa shape index (κ3) is 3.74. The van der Waals surface area contributed by atoms with Crippen molar-refractivity contribution < 1.29 is 4.79 Å². The van der Waals surface area contributed by atoms with Crippen LogP contribution >= 0.6 is 11.8 Å². The van der Waals surface area contributed by atoms with Gasteiger partial charge in [-0.15, -0.1) is 11.8 Å². The Kier molecular flexibility index (Phi) is 5.11. The first kappa shape index (κ1) is 16.5. The highest BCUT2D eigenvalue weighted by Gasteiger charge is 2.12. The second-order valence-corrected chi connectivity index (χ2v) is 6.67. The maximum absolute atomic E-state index is 12.6. The van der Waals surface area contributed by atoms with Crippen molar-refractivity contribution in [1.29, 1.82) is 0 Å². The van der Waals surface area contributed by atoms with Gasteiger partial charge in [0, 0.05) is 29.6 Å². The molecule has 2 heterocycles. The molecule has 1 aromatic carbocycles. The van der Waals surface area contributed by atoms with Crippen molar-refractivity contribution in [3.63, 3.8) is 0 Å². The summed E-state index contributed by atoms with van der Waals surface area (Å²) in [6.07, 6.45) is 1.77. The molecule has 1 N–H and O–H groups in total. The van der Waals surface area contributed by atoms with Gasteiger partial charge in [0.2, 0.25) is 0 Å². The van der Waals surface area contributed by atoms with Crippen LogP contribution in [0.15, 0.2) is 53.7 Å². The van der Waals surface area contributed by atoms with E-state index in [1.54, 1.807) is 18.0 Å². The Hall–Kier alpha value is -2.40. The summed E-state index contributed by atoms with van der Waals surface area (Å²) in [5, 5.41) is 4.86. The number of thioether (sulfide) groups is 1. The molecule has 0 aliphatic heterocycles. The van der Waals surface area contributed by atoms with E-state index in [0.717, 1.165) is 32.9 Å². The molecule has 3 aromatic rings. The van der Waals surface area contributed by atoms with Crippen LogP contribution in [0.2, 0.25) is 0 Å². The zero-order valence-corrected chi connectivity index (χ0v) is 14.6. The molecule has 3 rings (SSSR count). The fourth-order valence-corrected chi connectivity index (χ4v) is 3.28. The molecule has 4 nitrogen and oxygen atoms in total. The number of aryl methyl sites for hydroxylation is 2. The Bertz CT molecular complexity index is 865. The lowest BCUT2D eigenvalue weighted by atomic mass is 10.0. The molecule has 0 saturated heterocycles. The number of fused-ring (bicyclic) bond motifs is 1. The fourth-order valence-electron chi connectivity index (χ4n) is 2.56. The first-order valence-corrected chi connectivity index (χ1v) is 8.83. The number of para-hydroxylation sites is 1. The van der Waals surface area contributed by atoms with Crippen LogP contribution in [-0.4, -0.2) is 28.2 Å². The van der Waals surface area contributed by atoms with E-state index in [-0.39, 0.29) is 5.91 Å². The van der Waals surface area contributed by atoms with Crippen molar-refractivity contribution in [3.8, 4) is 0 Å². The summed E-state index contributed by atoms with van der Waals surface area (Å²) in [5.74, 6) is 0.724. The molecule has 1 amide bonds. The Morgan fingerprint density at radius 2 is 2.04 bits per heavy atom. The highest BCUT2D eigenvalue weighted by Crippen LogP contribution is 2.21. The van der Waals surface area contributed by atoms with Gasteiger partial charge in [0.05, 0.1) is 16.1 Å². The molecule has 0 saturated carbocycles. The van der Waals surface area contributed by atoms with E-state index >= 15 is 0 Å². The zero-order chi connectivity index (χ0) is 16.9. The monoisotopic (exact) mass is 337 g/mol. The first-order valence-electron chi connectivity index (χ1n) is 7.84. The van der Waals surface area contributed by atoms with Gasteiger partial charge in [-0.25, -0.2) is 4.98 Å².